The summed E-state index contributed by atoms with van der Waals surface area (Å²) in [5.74, 6) is -3.05. The first-order valence-electron chi connectivity index (χ1n) is 8.33. The van der Waals surface area contributed by atoms with Gasteiger partial charge in [0.05, 0.1) is 22.7 Å². The van der Waals surface area contributed by atoms with E-state index in [1.54, 1.807) is 13.0 Å². The van der Waals surface area contributed by atoms with Gasteiger partial charge in [0.25, 0.3) is 5.56 Å². The fourth-order valence-corrected chi connectivity index (χ4v) is 2.76. The van der Waals surface area contributed by atoms with Crippen molar-refractivity contribution in [3.05, 3.63) is 69.4 Å². The molecule has 0 bridgehead atoms. The molecule has 0 spiro atoms. The van der Waals surface area contributed by atoms with Crippen molar-refractivity contribution in [2.45, 2.75) is 13.0 Å². The van der Waals surface area contributed by atoms with E-state index in [1.165, 1.54) is 24.1 Å². The number of hydrogen-bond donors (Lipinski definition) is 2. The van der Waals surface area contributed by atoms with Crippen LogP contribution in [0.4, 0.5) is 23.7 Å². The van der Waals surface area contributed by atoms with E-state index in [0.717, 1.165) is 18.2 Å². The zero-order valence-corrected chi connectivity index (χ0v) is 15.3. The number of nitrogens with zero attached hydrogens (tertiary/aromatic N) is 3. The number of nitriles is 1. The molecule has 1 aromatic heterocycles. The normalized spacial score (nSPS) is 11.7. The molecule has 1 unspecified atom stereocenters. The first kappa shape index (κ1) is 19.9. The molecule has 0 saturated carbocycles. The maximum Gasteiger partial charge on any atom is 0.322 e. The van der Waals surface area contributed by atoms with Gasteiger partial charge in [-0.2, -0.15) is 10.4 Å². The lowest BCUT2D eigenvalue weighted by Crippen LogP contribution is -2.34. The maximum absolute atomic E-state index is 13.7. The molecule has 0 saturated heterocycles. The number of aromatic amines is 1. The van der Waals surface area contributed by atoms with Crippen LogP contribution in [0.25, 0.3) is 10.8 Å². The Bertz CT molecular complexity index is 1220. The van der Waals surface area contributed by atoms with Gasteiger partial charge < -0.3 is 10.2 Å². The number of H-pyrrole nitrogens is 1. The second-order valence-electron chi connectivity index (χ2n) is 6.27. The number of halogens is 3. The van der Waals surface area contributed by atoms with Crippen molar-refractivity contribution < 1.29 is 18.0 Å². The van der Waals surface area contributed by atoms with Crippen LogP contribution >= 0.6 is 0 Å². The highest BCUT2D eigenvalue weighted by molar-refractivity contribution is 5.90. The van der Waals surface area contributed by atoms with Crippen molar-refractivity contribution >= 4 is 22.5 Å². The highest BCUT2D eigenvalue weighted by Crippen LogP contribution is 2.26. The number of aromatic nitrogens is 2. The van der Waals surface area contributed by atoms with Crippen LogP contribution in [0.5, 0.6) is 0 Å². The molecule has 1 heterocycles. The number of fused-ring (bicyclic) bond motifs is 1. The van der Waals surface area contributed by atoms with Gasteiger partial charge in [-0.25, -0.2) is 23.1 Å². The third kappa shape index (κ3) is 3.75. The molecule has 10 heteroatoms. The van der Waals surface area contributed by atoms with E-state index < -0.39 is 35.1 Å². The number of nitrogens with one attached hydrogen (secondary N) is 2. The molecule has 0 aliphatic heterocycles. The SMILES string of the molecule is CC(c1n[nH]c(=O)c2cc(F)c(F)cc12)N(C)C(=O)Nc1ccc(F)c(C#N)c1. The Labute approximate surface area is 162 Å². The second-order valence-corrected chi connectivity index (χ2v) is 6.27. The molecular formula is C19H14F3N5O2. The average molecular weight is 401 g/mol. The van der Waals surface area contributed by atoms with Crippen molar-refractivity contribution in [2.75, 3.05) is 12.4 Å². The number of carbonyl (C=O) groups excluding carboxylic acids is 1. The Morgan fingerprint density at radius 3 is 2.48 bits per heavy atom. The number of benzene rings is 2. The van der Waals surface area contributed by atoms with E-state index >= 15 is 0 Å². The predicted molar refractivity (Wildman–Crippen MR) is 98.6 cm³/mol. The van der Waals surface area contributed by atoms with Crippen LogP contribution in [0, 0.1) is 28.8 Å². The minimum Gasteiger partial charge on any atom is -0.319 e. The third-order valence-electron chi connectivity index (χ3n) is 4.49. The summed E-state index contributed by atoms with van der Waals surface area (Å²) in [6.07, 6.45) is 0. The molecule has 148 valence electrons. The average Bonchev–Trinajstić information content (AvgIpc) is 2.70. The Kier molecular flexibility index (Phi) is 5.23. The van der Waals surface area contributed by atoms with E-state index in [9.17, 15) is 22.8 Å². The summed E-state index contributed by atoms with van der Waals surface area (Å²) >= 11 is 0. The fraction of sp³-hybridized carbons (Fsp3) is 0.158. The van der Waals surface area contributed by atoms with E-state index in [0.29, 0.717) is 0 Å². The molecule has 0 aliphatic carbocycles. The van der Waals surface area contributed by atoms with Crippen LogP contribution in [0.2, 0.25) is 0 Å². The van der Waals surface area contributed by atoms with Crippen molar-refractivity contribution in [3.63, 3.8) is 0 Å². The summed E-state index contributed by atoms with van der Waals surface area (Å²) in [5.41, 5.74) is -0.589. The summed E-state index contributed by atoms with van der Waals surface area (Å²) in [7, 11) is 1.42. The molecular weight excluding hydrogens is 387 g/mol. The number of urea groups is 1. The van der Waals surface area contributed by atoms with Crippen LogP contribution in [-0.2, 0) is 0 Å². The van der Waals surface area contributed by atoms with Crippen molar-refractivity contribution in [2.24, 2.45) is 0 Å². The van der Waals surface area contributed by atoms with Gasteiger partial charge in [0.1, 0.15) is 11.9 Å². The minimum atomic E-state index is -1.18. The van der Waals surface area contributed by atoms with Gasteiger partial charge in [-0.3, -0.25) is 4.79 Å². The summed E-state index contributed by atoms with van der Waals surface area (Å²) < 4.78 is 40.6. The summed E-state index contributed by atoms with van der Waals surface area (Å²) in [4.78, 5) is 25.6. The maximum atomic E-state index is 13.7. The lowest BCUT2D eigenvalue weighted by molar-refractivity contribution is 0.207. The first-order chi connectivity index (χ1) is 13.7. The molecule has 7 nitrogen and oxygen atoms in total. The summed E-state index contributed by atoms with van der Waals surface area (Å²) in [6.45, 7) is 1.58. The fourth-order valence-electron chi connectivity index (χ4n) is 2.76. The van der Waals surface area contributed by atoms with Gasteiger partial charge in [-0.05, 0) is 37.3 Å². The van der Waals surface area contributed by atoms with Gasteiger partial charge in [-0.1, -0.05) is 0 Å². The second kappa shape index (κ2) is 7.63. The van der Waals surface area contributed by atoms with Gasteiger partial charge in [0.15, 0.2) is 11.6 Å². The summed E-state index contributed by atoms with van der Waals surface area (Å²) in [6, 6.07) is 5.42. The lowest BCUT2D eigenvalue weighted by atomic mass is 10.1. The predicted octanol–water partition coefficient (Wildman–Crippen LogP) is 3.44. The smallest absolute Gasteiger partial charge is 0.319 e. The van der Waals surface area contributed by atoms with Crippen molar-refractivity contribution in [1.29, 1.82) is 5.26 Å². The molecule has 2 amide bonds. The Morgan fingerprint density at radius 2 is 1.83 bits per heavy atom. The molecule has 0 radical (unpaired) electrons. The zero-order valence-electron chi connectivity index (χ0n) is 15.3. The van der Waals surface area contributed by atoms with Crippen LogP contribution in [0.3, 0.4) is 0 Å². The van der Waals surface area contributed by atoms with Gasteiger partial charge in [0, 0.05) is 18.1 Å². The molecule has 29 heavy (non-hydrogen) atoms. The number of hydrogen-bond acceptors (Lipinski definition) is 4. The van der Waals surface area contributed by atoms with Crippen molar-refractivity contribution in [1.82, 2.24) is 15.1 Å². The van der Waals surface area contributed by atoms with Crippen LogP contribution in [-0.4, -0.2) is 28.2 Å². The molecule has 2 aromatic carbocycles. The lowest BCUT2D eigenvalue weighted by Gasteiger charge is -2.25. The highest BCUT2D eigenvalue weighted by Gasteiger charge is 2.23. The van der Waals surface area contributed by atoms with E-state index in [2.05, 4.69) is 15.5 Å². The monoisotopic (exact) mass is 401 g/mol. The van der Waals surface area contributed by atoms with E-state index in [4.69, 9.17) is 5.26 Å². The quantitative estimate of drug-likeness (QED) is 0.702. The summed E-state index contributed by atoms with van der Waals surface area (Å²) in [5, 5.41) is 17.4. The van der Waals surface area contributed by atoms with Crippen LogP contribution in [0.1, 0.15) is 24.2 Å². The molecule has 1 atom stereocenters. The number of amides is 2. The highest BCUT2D eigenvalue weighted by atomic mass is 19.2. The Hall–Kier alpha value is -3.87. The van der Waals surface area contributed by atoms with Crippen LogP contribution in [0.15, 0.2) is 35.1 Å². The molecule has 3 aromatic rings. The minimum absolute atomic E-state index is 0.0633. The molecule has 0 aliphatic rings. The largest absolute Gasteiger partial charge is 0.322 e. The van der Waals surface area contributed by atoms with E-state index in [1.807, 2.05) is 0 Å². The Morgan fingerprint density at radius 1 is 1.17 bits per heavy atom. The number of rotatable bonds is 3. The molecule has 2 N–H and O–H groups in total. The van der Waals surface area contributed by atoms with Gasteiger partial charge in [0.2, 0.25) is 0 Å². The number of carbonyl (C=O) groups is 1. The van der Waals surface area contributed by atoms with Gasteiger partial charge in [-0.15, -0.1) is 0 Å². The van der Waals surface area contributed by atoms with Crippen molar-refractivity contribution in [3.8, 4) is 6.07 Å². The zero-order chi connectivity index (χ0) is 21.3. The number of anilines is 1. The van der Waals surface area contributed by atoms with Gasteiger partial charge >= 0.3 is 6.03 Å². The molecule has 0 fully saturated rings. The first-order valence-corrected chi connectivity index (χ1v) is 8.33. The Balaban J connectivity index is 1.92. The van der Waals surface area contributed by atoms with Crippen LogP contribution < -0.4 is 10.9 Å². The standard InChI is InChI=1S/C19H14F3N5O2/c1-9(17-12-6-15(21)16(22)7-13(12)18(28)26-25-17)27(2)19(29)24-11-3-4-14(20)10(5-11)8-23/h3-7,9H,1-2H3,(H,24,29)(H,26,28). The van der Waals surface area contributed by atoms with E-state index in [-0.39, 0.29) is 27.7 Å². The third-order valence-corrected chi connectivity index (χ3v) is 4.49. The topological polar surface area (TPSA) is 102 Å². The molecule has 3 rings (SSSR count).